The molecule has 0 aliphatic heterocycles. The molecular weight excluding hydrogens is 286 g/mol. The molecule has 0 aliphatic rings. The van der Waals surface area contributed by atoms with Crippen LogP contribution in [0.25, 0.3) is 0 Å². The number of hydrogen-bond donors (Lipinski definition) is 2. The van der Waals surface area contributed by atoms with E-state index in [-0.39, 0.29) is 12.0 Å². The van der Waals surface area contributed by atoms with Gasteiger partial charge in [0.1, 0.15) is 5.75 Å². The zero-order chi connectivity index (χ0) is 16.0. The smallest absolute Gasteiger partial charge is 0.123 e. The summed E-state index contributed by atoms with van der Waals surface area (Å²) >= 11 is 6.24. The Morgan fingerprint density at radius 1 is 1.33 bits per heavy atom. The minimum absolute atomic E-state index is 0.141. The summed E-state index contributed by atoms with van der Waals surface area (Å²) in [6, 6.07) is 3.74. The number of benzene rings is 1. The number of aliphatic hydroxyl groups is 1. The van der Waals surface area contributed by atoms with Crippen molar-refractivity contribution in [3.8, 4) is 5.75 Å². The van der Waals surface area contributed by atoms with Gasteiger partial charge in [-0.25, -0.2) is 0 Å². The van der Waals surface area contributed by atoms with Crippen LogP contribution in [0.5, 0.6) is 5.75 Å². The number of rotatable bonds is 8. The lowest BCUT2D eigenvalue weighted by Crippen LogP contribution is -2.35. The van der Waals surface area contributed by atoms with E-state index in [2.05, 4.69) is 13.8 Å². The van der Waals surface area contributed by atoms with E-state index < -0.39 is 6.10 Å². The summed E-state index contributed by atoms with van der Waals surface area (Å²) in [6.45, 7) is 8.68. The Kier molecular flexibility index (Phi) is 7.50. The lowest BCUT2D eigenvalue weighted by Gasteiger charge is -2.24. The SMILES string of the molecule is CCCC(N)C(O)CC(C)c1cc(Cl)c(C)cc1OCC. The molecule has 0 aliphatic carbocycles. The summed E-state index contributed by atoms with van der Waals surface area (Å²) in [4.78, 5) is 0. The van der Waals surface area contributed by atoms with Crippen molar-refractivity contribution in [1.82, 2.24) is 0 Å². The van der Waals surface area contributed by atoms with Gasteiger partial charge in [-0.15, -0.1) is 0 Å². The highest BCUT2D eigenvalue weighted by atomic mass is 35.5. The first-order valence-electron chi connectivity index (χ1n) is 7.77. The van der Waals surface area contributed by atoms with Crippen LogP contribution in [-0.2, 0) is 0 Å². The van der Waals surface area contributed by atoms with Crippen LogP contribution >= 0.6 is 11.6 Å². The lowest BCUT2D eigenvalue weighted by molar-refractivity contribution is 0.123. The first-order chi connectivity index (χ1) is 9.90. The number of hydrogen-bond acceptors (Lipinski definition) is 3. The molecule has 3 N–H and O–H groups in total. The highest BCUT2D eigenvalue weighted by Gasteiger charge is 2.21. The molecule has 21 heavy (non-hydrogen) atoms. The molecule has 0 aromatic heterocycles. The van der Waals surface area contributed by atoms with Crippen LogP contribution in [0.15, 0.2) is 12.1 Å². The van der Waals surface area contributed by atoms with E-state index in [0.717, 1.165) is 34.7 Å². The fourth-order valence-electron chi connectivity index (χ4n) is 2.53. The number of halogens is 1. The average Bonchev–Trinajstić information content (AvgIpc) is 2.42. The van der Waals surface area contributed by atoms with Crippen molar-refractivity contribution in [3.05, 3.63) is 28.3 Å². The normalized spacial score (nSPS) is 15.6. The van der Waals surface area contributed by atoms with Gasteiger partial charge in [0.2, 0.25) is 0 Å². The molecule has 0 saturated carbocycles. The molecule has 0 fully saturated rings. The number of ether oxygens (including phenoxy) is 1. The van der Waals surface area contributed by atoms with Gasteiger partial charge in [0.15, 0.2) is 0 Å². The monoisotopic (exact) mass is 313 g/mol. The number of aryl methyl sites for hydroxylation is 1. The molecule has 3 nitrogen and oxygen atoms in total. The summed E-state index contributed by atoms with van der Waals surface area (Å²) in [7, 11) is 0. The van der Waals surface area contributed by atoms with Crippen LogP contribution in [0, 0.1) is 6.92 Å². The Balaban J connectivity index is 2.90. The maximum Gasteiger partial charge on any atom is 0.123 e. The zero-order valence-corrected chi connectivity index (χ0v) is 14.3. The van der Waals surface area contributed by atoms with Crippen molar-refractivity contribution in [2.75, 3.05) is 6.61 Å². The second kappa shape index (κ2) is 8.62. The topological polar surface area (TPSA) is 55.5 Å². The number of nitrogens with two attached hydrogens (primary N) is 1. The summed E-state index contributed by atoms with van der Waals surface area (Å²) in [5.41, 5.74) is 8.03. The Morgan fingerprint density at radius 3 is 2.57 bits per heavy atom. The molecule has 3 unspecified atom stereocenters. The lowest BCUT2D eigenvalue weighted by atomic mass is 9.90. The summed E-state index contributed by atoms with van der Waals surface area (Å²) < 4.78 is 5.71. The third kappa shape index (κ3) is 5.17. The first-order valence-corrected chi connectivity index (χ1v) is 8.14. The van der Waals surface area contributed by atoms with Crippen molar-refractivity contribution in [2.24, 2.45) is 5.73 Å². The summed E-state index contributed by atoms with van der Waals surface area (Å²) in [5.74, 6) is 0.991. The average molecular weight is 314 g/mol. The van der Waals surface area contributed by atoms with E-state index in [1.165, 1.54) is 0 Å². The predicted molar refractivity (Wildman–Crippen MR) is 89.3 cm³/mol. The van der Waals surface area contributed by atoms with E-state index in [1.807, 2.05) is 26.0 Å². The predicted octanol–water partition coefficient (Wildman–Crippen LogP) is 4.03. The van der Waals surface area contributed by atoms with Gasteiger partial charge in [0, 0.05) is 11.1 Å². The van der Waals surface area contributed by atoms with Gasteiger partial charge < -0.3 is 15.6 Å². The molecule has 4 heteroatoms. The molecule has 120 valence electrons. The molecule has 0 spiro atoms. The molecule has 1 aromatic carbocycles. The highest BCUT2D eigenvalue weighted by Crippen LogP contribution is 2.34. The molecule has 0 heterocycles. The molecule has 0 bridgehead atoms. The largest absolute Gasteiger partial charge is 0.494 e. The van der Waals surface area contributed by atoms with E-state index in [1.54, 1.807) is 0 Å². The van der Waals surface area contributed by atoms with Crippen LogP contribution in [0.1, 0.15) is 57.1 Å². The maximum atomic E-state index is 10.2. The van der Waals surface area contributed by atoms with Gasteiger partial charge in [-0.1, -0.05) is 31.9 Å². The van der Waals surface area contributed by atoms with Crippen LogP contribution in [0.4, 0.5) is 0 Å². The van der Waals surface area contributed by atoms with Crippen LogP contribution in [0.2, 0.25) is 5.02 Å². The van der Waals surface area contributed by atoms with Crippen molar-refractivity contribution in [3.63, 3.8) is 0 Å². The third-order valence-corrected chi connectivity index (χ3v) is 4.24. The van der Waals surface area contributed by atoms with Gasteiger partial charge >= 0.3 is 0 Å². The molecular formula is C17H28ClNO2. The standard InChI is InChI=1S/C17H28ClNO2/c1-5-7-15(19)16(20)8-11(3)13-10-14(18)12(4)9-17(13)21-6-2/h9-11,15-16,20H,5-8,19H2,1-4H3. The minimum Gasteiger partial charge on any atom is -0.494 e. The summed E-state index contributed by atoms with van der Waals surface area (Å²) in [5, 5.41) is 11.0. The Bertz CT molecular complexity index is 451. The zero-order valence-electron chi connectivity index (χ0n) is 13.5. The van der Waals surface area contributed by atoms with Crippen LogP contribution in [-0.4, -0.2) is 23.9 Å². The second-order valence-corrected chi connectivity index (χ2v) is 6.14. The fourth-order valence-corrected chi connectivity index (χ4v) is 2.70. The van der Waals surface area contributed by atoms with E-state index in [4.69, 9.17) is 22.1 Å². The minimum atomic E-state index is -0.505. The molecule has 0 amide bonds. The quantitative estimate of drug-likeness (QED) is 0.762. The van der Waals surface area contributed by atoms with Crippen LogP contribution < -0.4 is 10.5 Å². The Hall–Kier alpha value is -0.770. The van der Waals surface area contributed by atoms with Gasteiger partial charge in [0.25, 0.3) is 0 Å². The Labute approximate surface area is 133 Å². The molecule has 0 radical (unpaired) electrons. The Morgan fingerprint density at radius 2 is 2.00 bits per heavy atom. The molecule has 0 saturated heterocycles. The first kappa shape index (κ1) is 18.3. The van der Waals surface area contributed by atoms with Gasteiger partial charge in [-0.2, -0.15) is 0 Å². The van der Waals surface area contributed by atoms with Crippen LogP contribution in [0.3, 0.4) is 0 Å². The molecule has 3 atom stereocenters. The van der Waals surface area contributed by atoms with Crippen molar-refractivity contribution in [2.45, 2.75) is 65.0 Å². The van der Waals surface area contributed by atoms with Crippen molar-refractivity contribution < 1.29 is 9.84 Å². The van der Waals surface area contributed by atoms with E-state index in [0.29, 0.717) is 13.0 Å². The van der Waals surface area contributed by atoms with Gasteiger partial charge in [-0.3, -0.25) is 0 Å². The van der Waals surface area contributed by atoms with E-state index in [9.17, 15) is 5.11 Å². The second-order valence-electron chi connectivity index (χ2n) is 5.73. The summed E-state index contributed by atoms with van der Waals surface area (Å²) in [6.07, 6.45) is 1.92. The van der Waals surface area contributed by atoms with Crippen molar-refractivity contribution >= 4 is 11.6 Å². The number of aliphatic hydroxyl groups excluding tert-OH is 1. The highest BCUT2D eigenvalue weighted by molar-refractivity contribution is 6.31. The van der Waals surface area contributed by atoms with Gasteiger partial charge in [-0.05, 0) is 55.9 Å². The fraction of sp³-hybridized carbons (Fsp3) is 0.647. The van der Waals surface area contributed by atoms with Gasteiger partial charge in [0.05, 0.1) is 12.7 Å². The van der Waals surface area contributed by atoms with E-state index >= 15 is 0 Å². The maximum absolute atomic E-state index is 10.2. The third-order valence-electron chi connectivity index (χ3n) is 3.83. The molecule has 1 rings (SSSR count). The molecule has 1 aromatic rings. The van der Waals surface area contributed by atoms with Crippen molar-refractivity contribution in [1.29, 1.82) is 0 Å².